The second kappa shape index (κ2) is 2.95. The Hall–Kier alpha value is -0.180. The smallest absolute Gasteiger partial charge is 0.250 e. The van der Waals surface area contributed by atoms with Crippen LogP contribution in [0.25, 0.3) is 0 Å². The molecule has 0 aromatic rings. The Morgan fingerprint density at radius 1 is 1.42 bits per heavy atom. The standard InChI is InChI=1S/C9H17F2N/c1-7(2)9(10,11)6-5-8(12)3-4-8/h7H,3-6,12H2,1-2H3. The molecule has 1 fully saturated rings. The molecule has 0 spiro atoms. The summed E-state index contributed by atoms with van der Waals surface area (Å²) in [5.41, 5.74) is 5.48. The molecule has 0 bridgehead atoms. The summed E-state index contributed by atoms with van der Waals surface area (Å²) in [5, 5.41) is 0. The lowest BCUT2D eigenvalue weighted by Gasteiger charge is -2.21. The molecule has 12 heavy (non-hydrogen) atoms. The van der Waals surface area contributed by atoms with Gasteiger partial charge in [0, 0.05) is 17.9 Å². The quantitative estimate of drug-likeness (QED) is 0.701. The van der Waals surface area contributed by atoms with Gasteiger partial charge in [0.2, 0.25) is 5.92 Å². The number of rotatable bonds is 4. The van der Waals surface area contributed by atoms with Crippen LogP contribution in [0.3, 0.4) is 0 Å². The normalized spacial score (nSPS) is 21.5. The third-order valence-corrected chi connectivity index (χ3v) is 2.69. The van der Waals surface area contributed by atoms with Crippen molar-refractivity contribution in [1.82, 2.24) is 0 Å². The fourth-order valence-corrected chi connectivity index (χ4v) is 1.11. The summed E-state index contributed by atoms with van der Waals surface area (Å²) in [6.45, 7) is 3.10. The minimum absolute atomic E-state index is 0.0544. The average Bonchev–Trinajstić information content (AvgIpc) is 2.66. The van der Waals surface area contributed by atoms with Crippen molar-refractivity contribution < 1.29 is 8.78 Å². The van der Waals surface area contributed by atoms with Gasteiger partial charge in [-0.05, 0) is 19.3 Å². The first-order chi connectivity index (χ1) is 5.36. The van der Waals surface area contributed by atoms with Crippen LogP contribution in [-0.2, 0) is 0 Å². The lowest BCUT2D eigenvalue weighted by atomic mass is 9.98. The first-order valence-corrected chi connectivity index (χ1v) is 4.52. The van der Waals surface area contributed by atoms with Gasteiger partial charge in [-0.1, -0.05) is 13.8 Å². The highest BCUT2D eigenvalue weighted by atomic mass is 19.3. The Bertz CT molecular complexity index is 162. The molecular weight excluding hydrogens is 160 g/mol. The van der Waals surface area contributed by atoms with Gasteiger partial charge in [-0.15, -0.1) is 0 Å². The lowest BCUT2D eigenvalue weighted by Crippen LogP contribution is -2.29. The van der Waals surface area contributed by atoms with Crippen molar-refractivity contribution >= 4 is 0 Å². The van der Waals surface area contributed by atoms with Crippen LogP contribution in [0, 0.1) is 5.92 Å². The largest absolute Gasteiger partial charge is 0.325 e. The molecule has 0 saturated heterocycles. The molecule has 0 aliphatic heterocycles. The first-order valence-electron chi connectivity index (χ1n) is 4.52. The summed E-state index contributed by atoms with van der Waals surface area (Å²) in [6.07, 6.45) is 2.25. The van der Waals surface area contributed by atoms with Gasteiger partial charge in [0.1, 0.15) is 0 Å². The van der Waals surface area contributed by atoms with Crippen LogP contribution in [0.5, 0.6) is 0 Å². The topological polar surface area (TPSA) is 26.0 Å². The zero-order valence-electron chi connectivity index (χ0n) is 7.74. The van der Waals surface area contributed by atoms with Crippen molar-refractivity contribution in [2.75, 3.05) is 0 Å². The van der Waals surface area contributed by atoms with Crippen LogP contribution < -0.4 is 5.73 Å². The maximum Gasteiger partial charge on any atom is 0.250 e. The van der Waals surface area contributed by atoms with Crippen LogP contribution in [0.2, 0.25) is 0 Å². The van der Waals surface area contributed by atoms with E-state index in [1.807, 2.05) is 0 Å². The van der Waals surface area contributed by atoms with Gasteiger partial charge >= 0.3 is 0 Å². The fourth-order valence-electron chi connectivity index (χ4n) is 1.11. The minimum Gasteiger partial charge on any atom is -0.325 e. The lowest BCUT2D eigenvalue weighted by molar-refractivity contribution is -0.0554. The van der Waals surface area contributed by atoms with E-state index in [1.54, 1.807) is 13.8 Å². The molecule has 1 nitrogen and oxygen atoms in total. The number of hydrogen-bond donors (Lipinski definition) is 1. The van der Waals surface area contributed by atoms with E-state index in [9.17, 15) is 8.78 Å². The Kier molecular flexibility index (Phi) is 2.43. The summed E-state index contributed by atoms with van der Waals surface area (Å²) < 4.78 is 26.1. The molecule has 2 N–H and O–H groups in total. The highest BCUT2D eigenvalue weighted by molar-refractivity contribution is 4.99. The molecule has 72 valence electrons. The van der Waals surface area contributed by atoms with Gasteiger partial charge in [-0.3, -0.25) is 0 Å². The molecule has 0 aromatic heterocycles. The molecule has 1 rings (SSSR count). The van der Waals surface area contributed by atoms with Gasteiger partial charge in [-0.2, -0.15) is 0 Å². The number of alkyl halides is 2. The van der Waals surface area contributed by atoms with Crippen LogP contribution in [-0.4, -0.2) is 11.5 Å². The van der Waals surface area contributed by atoms with Crippen molar-refractivity contribution in [3.63, 3.8) is 0 Å². The second-order valence-electron chi connectivity index (χ2n) is 4.28. The summed E-state index contributed by atoms with van der Waals surface area (Å²) in [5.74, 6) is -3.10. The molecule has 0 heterocycles. The maximum absolute atomic E-state index is 13.0. The van der Waals surface area contributed by atoms with E-state index >= 15 is 0 Å². The van der Waals surface area contributed by atoms with E-state index in [4.69, 9.17) is 5.73 Å². The molecule has 1 aliphatic carbocycles. The van der Waals surface area contributed by atoms with Gasteiger partial charge in [0.15, 0.2) is 0 Å². The third kappa shape index (κ3) is 2.41. The zero-order valence-corrected chi connectivity index (χ0v) is 7.74. The molecule has 3 heteroatoms. The summed E-state index contributed by atoms with van der Waals surface area (Å²) in [6, 6.07) is 0. The molecule has 0 aromatic carbocycles. The molecule has 1 saturated carbocycles. The molecule has 0 radical (unpaired) electrons. The highest BCUT2D eigenvalue weighted by Crippen LogP contribution is 2.40. The van der Waals surface area contributed by atoms with E-state index in [0.717, 1.165) is 12.8 Å². The van der Waals surface area contributed by atoms with E-state index < -0.39 is 11.8 Å². The predicted molar refractivity (Wildman–Crippen MR) is 45.2 cm³/mol. The monoisotopic (exact) mass is 177 g/mol. The fraction of sp³-hybridized carbons (Fsp3) is 1.00. The van der Waals surface area contributed by atoms with Crippen molar-refractivity contribution in [1.29, 1.82) is 0 Å². The van der Waals surface area contributed by atoms with E-state index in [0.29, 0.717) is 6.42 Å². The molecule has 0 unspecified atom stereocenters. The summed E-state index contributed by atoms with van der Waals surface area (Å²) in [4.78, 5) is 0. The Morgan fingerprint density at radius 3 is 2.25 bits per heavy atom. The minimum atomic E-state index is -2.53. The zero-order chi connectivity index (χ0) is 9.41. The number of halogens is 2. The Balaban J connectivity index is 2.30. The van der Waals surface area contributed by atoms with E-state index in [2.05, 4.69) is 0 Å². The van der Waals surface area contributed by atoms with E-state index in [1.165, 1.54) is 0 Å². The van der Waals surface area contributed by atoms with Crippen LogP contribution in [0.4, 0.5) is 8.78 Å². The van der Waals surface area contributed by atoms with Crippen LogP contribution in [0.15, 0.2) is 0 Å². The molecule has 0 atom stereocenters. The second-order valence-corrected chi connectivity index (χ2v) is 4.28. The van der Waals surface area contributed by atoms with Gasteiger partial charge in [0.25, 0.3) is 0 Å². The highest BCUT2D eigenvalue weighted by Gasteiger charge is 2.42. The summed E-state index contributed by atoms with van der Waals surface area (Å²) in [7, 11) is 0. The molecular formula is C9H17F2N. The Morgan fingerprint density at radius 2 is 1.92 bits per heavy atom. The Labute approximate surface area is 72.3 Å². The predicted octanol–water partition coefficient (Wildman–Crippen LogP) is 2.55. The van der Waals surface area contributed by atoms with Crippen LogP contribution >= 0.6 is 0 Å². The average molecular weight is 177 g/mol. The SMILES string of the molecule is CC(C)C(F)(F)CCC1(N)CC1. The van der Waals surface area contributed by atoms with Gasteiger partial charge < -0.3 is 5.73 Å². The number of nitrogens with two attached hydrogens (primary N) is 1. The van der Waals surface area contributed by atoms with Crippen molar-refractivity contribution in [3.8, 4) is 0 Å². The van der Waals surface area contributed by atoms with Crippen LogP contribution in [0.1, 0.15) is 39.5 Å². The van der Waals surface area contributed by atoms with E-state index in [-0.39, 0.29) is 12.0 Å². The molecule has 0 amide bonds. The van der Waals surface area contributed by atoms with Crippen molar-refractivity contribution in [3.05, 3.63) is 0 Å². The van der Waals surface area contributed by atoms with Crippen molar-refractivity contribution in [2.45, 2.75) is 51.0 Å². The third-order valence-electron chi connectivity index (χ3n) is 2.69. The maximum atomic E-state index is 13.0. The van der Waals surface area contributed by atoms with Gasteiger partial charge in [-0.25, -0.2) is 8.78 Å². The van der Waals surface area contributed by atoms with Crippen molar-refractivity contribution in [2.24, 2.45) is 11.7 Å². The first kappa shape index (κ1) is 9.90. The number of hydrogen-bond acceptors (Lipinski definition) is 1. The summed E-state index contributed by atoms with van der Waals surface area (Å²) >= 11 is 0. The van der Waals surface area contributed by atoms with Gasteiger partial charge in [0.05, 0.1) is 0 Å². The molecule has 1 aliphatic rings.